The number of carbonyl (C=O) groups excluding carboxylic acids is 1. The number of hydrogen-bond donors (Lipinski definition) is 2. The summed E-state index contributed by atoms with van der Waals surface area (Å²) in [6.45, 7) is 6.62. The fraction of sp³-hybridized carbons (Fsp3) is 0.333. The first-order chi connectivity index (χ1) is 10.8. The lowest BCUT2D eigenvalue weighted by Gasteiger charge is -2.03. The largest absolute Gasteiger partial charge is 0.356 e. The van der Waals surface area contributed by atoms with Crippen molar-refractivity contribution >= 4 is 27.7 Å². The van der Waals surface area contributed by atoms with Crippen molar-refractivity contribution in [1.29, 1.82) is 0 Å². The van der Waals surface area contributed by atoms with E-state index in [9.17, 15) is 4.79 Å². The van der Waals surface area contributed by atoms with Gasteiger partial charge in [-0.1, -0.05) is 26.0 Å². The summed E-state index contributed by atoms with van der Waals surface area (Å²) in [6.07, 6.45) is 4.95. The van der Waals surface area contributed by atoms with Gasteiger partial charge in [0, 0.05) is 47.2 Å². The minimum absolute atomic E-state index is 0.105. The first-order valence-corrected chi connectivity index (χ1v) is 7.89. The predicted molar refractivity (Wildman–Crippen MR) is 92.0 cm³/mol. The lowest BCUT2D eigenvalue weighted by Crippen LogP contribution is -2.22. The second-order valence-electron chi connectivity index (χ2n) is 4.88. The number of fused-ring (bicyclic) bond motifs is 3. The first kappa shape index (κ1) is 16.0. The Morgan fingerprint density at radius 3 is 2.77 bits per heavy atom. The minimum atomic E-state index is 0.105. The molecule has 116 valence electrons. The van der Waals surface area contributed by atoms with E-state index in [-0.39, 0.29) is 5.91 Å². The lowest BCUT2D eigenvalue weighted by atomic mass is 10.1. The maximum atomic E-state index is 11.5. The predicted octanol–water partition coefficient (Wildman–Crippen LogP) is 3.81. The van der Waals surface area contributed by atoms with Gasteiger partial charge < -0.3 is 10.3 Å². The maximum absolute atomic E-state index is 11.5. The van der Waals surface area contributed by atoms with Gasteiger partial charge in [0.1, 0.15) is 0 Å². The monoisotopic (exact) mass is 297 g/mol. The Morgan fingerprint density at radius 2 is 2.00 bits per heavy atom. The van der Waals surface area contributed by atoms with Crippen molar-refractivity contribution in [2.45, 2.75) is 33.6 Å². The Bertz CT molecular complexity index is 761. The van der Waals surface area contributed by atoms with Crippen molar-refractivity contribution in [3.8, 4) is 0 Å². The summed E-state index contributed by atoms with van der Waals surface area (Å²) in [5.41, 5.74) is 3.36. The summed E-state index contributed by atoms with van der Waals surface area (Å²) in [4.78, 5) is 19.0. The van der Waals surface area contributed by atoms with Crippen molar-refractivity contribution in [2.75, 3.05) is 6.54 Å². The molecular formula is C18H23N3O. The number of aromatic nitrogens is 2. The van der Waals surface area contributed by atoms with Crippen LogP contribution in [-0.4, -0.2) is 22.4 Å². The highest BCUT2D eigenvalue weighted by molar-refractivity contribution is 6.06. The van der Waals surface area contributed by atoms with Gasteiger partial charge in [0.05, 0.1) is 0 Å². The number of aryl methyl sites for hydroxylation is 1. The molecule has 0 bridgehead atoms. The van der Waals surface area contributed by atoms with Crippen LogP contribution in [0.15, 0.2) is 36.7 Å². The van der Waals surface area contributed by atoms with E-state index in [1.165, 1.54) is 10.9 Å². The third-order valence-electron chi connectivity index (χ3n) is 3.48. The summed E-state index contributed by atoms with van der Waals surface area (Å²) in [7, 11) is 0. The van der Waals surface area contributed by atoms with Crippen molar-refractivity contribution in [1.82, 2.24) is 15.3 Å². The number of H-pyrrole nitrogens is 1. The van der Waals surface area contributed by atoms with Gasteiger partial charge in [0.25, 0.3) is 0 Å². The van der Waals surface area contributed by atoms with Gasteiger partial charge in [-0.15, -0.1) is 0 Å². The molecule has 0 saturated carbocycles. The van der Waals surface area contributed by atoms with Gasteiger partial charge in [-0.3, -0.25) is 9.78 Å². The molecule has 3 aromatic rings. The van der Waals surface area contributed by atoms with Crippen LogP contribution >= 0.6 is 0 Å². The highest BCUT2D eigenvalue weighted by Crippen LogP contribution is 2.25. The van der Waals surface area contributed by atoms with Crippen LogP contribution in [0.25, 0.3) is 21.8 Å². The molecule has 0 unspecified atom stereocenters. The highest BCUT2D eigenvalue weighted by Gasteiger charge is 2.06. The zero-order chi connectivity index (χ0) is 15.9. The van der Waals surface area contributed by atoms with Crippen LogP contribution in [0.5, 0.6) is 0 Å². The lowest BCUT2D eigenvalue weighted by molar-refractivity contribution is -0.120. The molecule has 0 aliphatic heterocycles. The molecule has 0 aliphatic carbocycles. The third-order valence-corrected chi connectivity index (χ3v) is 3.48. The number of amides is 1. The summed E-state index contributed by atoms with van der Waals surface area (Å²) in [5, 5.41) is 5.13. The number of pyridine rings is 1. The quantitative estimate of drug-likeness (QED) is 0.769. The second kappa shape index (κ2) is 7.59. The Hall–Kier alpha value is -2.36. The molecule has 0 atom stereocenters. The SMILES string of the molecule is CC.CCNC(=O)CCc1ccc2c(c1)[nH]c1ccncc12. The fourth-order valence-corrected chi connectivity index (χ4v) is 2.49. The van der Waals surface area contributed by atoms with Crippen LogP contribution in [0, 0.1) is 0 Å². The average molecular weight is 297 g/mol. The molecule has 22 heavy (non-hydrogen) atoms. The van der Waals surface area contributed by atoms with E-state index in [2.05, 4.69) is 33.5 Å². The number of aromatic amines is 1. The molecule has 0 fully saturated rings. The molecule has 2 N–H and O–H groups in total. The summed E-state index contributed by atoms with van der Waals surface area (Å²) in [5.74, 6) is 0.105. The van der Waals surface area contributed by atoms with Crippen molar-refractivity contribution < 1.29 is 4.79 Å². The molecule has 0 saturated heterocycles. The van der Waals surface area contributed by atoms with Gasteiger partial charge in [-0.25, -0.2) is 0 Å². The molecule has 1 aromatic carbocycles. The Kier molecular flexibility index (Phi) is 5.53. The standard InChI is InChI=1S/C16H17N3O.C2H6/c1-2-18-16(20)6-4-11-3-5-12-13-10-17-8-7-14(13)19-15(12)9-11;1-2/h3,5,7-10,19H,2,4,6H2,1H3,(H,18,20);1-2H3. The molecule has 2 heterocycles. The summed E-state index contributed by atoms with van der Waals surface area (Å²) in [6, 6.07) is 8.28. The van der Waals surface area contributed by atoms with Gasteiger partial charge >= 0.3 is 0 Å². The molecule has 0 spiro atoms. The van der Waals surface area contributed by atoms with Gasteiger partial charge in [0.2, 0.25) is 5.91 Å². The van der Waals surface area contributed by atoms with Gasteiger partial charge in [-0.05, 0) is 31.0 Å². The first-order valence-electron chi connectivity index (χ1n) is 7.89. The highest BCUT2D eigenvalue weighted by atomic mass is 16.1. The maximum Gasteiger partial charge on any atom is 0.220 e. The van der Waals surface area contributed by atoms with E-state index in [0.29, 0.717) is 13.0 Å². The van der Waals surface area contributed by atoms with E-state index in [0.717, 1.165) is 22.8 Å². The smallest absolute Gasteiger partial charge is 0.220 e. The van der Waals surface area contributed by atoms with E-state index in [4.69, 9.17) is 0 Å². The molecule has 0 radical (unpaired) electrons. The van der Waals surface area contributed by atoms with Crippen LogP contribution in [-0.2, 0) is 11.2 Å². The molecule has 3 rings (SSSR count). The summed E-state index contributed by atoms with van der Waals surface area (Å²) < 4.78 is 0. The van der Waals surface area contributed by atoms with Crippen molar-refractivity contribution in [2.24, 2.45) is 0 Å². The Morgan fingerprint density at radius 1 is 1.18 bits per heavy atom. The normalized spacial score (nSPS) is 10.3. The molecule has 0 aliphatic rings. The number of benzene rings is 1. The van der Waals surface area contributed by atoms with Crippen molar-refractivity contribution in [3.63, 3.8) is 0 Å². The van der Waals surface area contributed by atoms with E-state index in [1.807, 2.05) is 33.0 Å². The number of nitrogens with one attached hydrogen (secondary N) is 2. The van der Waals surface area contributed by atoms with Crippen LogP contribution in [0.1, 0.15) is 32.8 Å². The topological polar surface area (TPSA) is 57.8 Å². The molecule has 4 heteroatoms. The van der Waals surface area contributed by atoms with Crippen LogP contribution in [0.3, 0.4) is 0 Å². The van der Waals surface area contributed by atoms with E-state index >= 15 is 0 Å². The van der Waals surface area contributed by atoms with Crippen LogP contribution < -0.4 is 5.32 Å². The van der Waals surface area contributed by atoms with Gasteiger partial charge in [0.15, 0.2) is 0 Å². The number of nitrogens with zero attached hydrogens (tertiary/aromatic N) is 1. The van der Waals surface area contributed by atoms with E-state index in [1.54, 1.807) is 6.20 Å². The Balaban J connectivity index is 0.000000847. The average Bonchev–Trinajstić information content (AvgIpc) is 2.93. The third kappa shape index (κ3) is 3.45. The summed E-state index contributed by atoms with van der Waals surface area (Å²) >= 11 is 0. The minimum Gasteiger partial charge on any atom is -0.356 e. The number of rotatable bonds is 4. The zero-order valence-electron chi connectivity index (χ0n) is 13.4. The number of hydrogen-bond acceptors (Lipinski definition) is 2. The zero-order valence-corrected chi connectivity index (χ0v) is 13.4. The van der Waals surface area contributed by atoms with Crippen LogP contribution in [0.2, 0.25) is 0 Å². The molecular weight excluding hydrogens is 274 g/mol. The van der Waals surface area contributed by atoms with Crippen LogP contribution in [0.4, 0.5) is 0 Å². The molecule has 2 aromatic heterocycles. The number of carbonyl (C=O) groups is 1. The second-order valence-corrected chi connectivity index (χ2v) is 4.88. The fourth-order valence-electron chi connectivity index (χ4n) is 2.49. The van der Waals surface area contributed by atoms with Gasteiger partial charge in [-0.2, -0.15) is 0 Å². The molecule has 4 nitrogen and oxygen atoms in total. The molecule has 1 amide bonds. The Labute approximate surface area is 130 Å². The van der Waals surface area contributed by atoms with Crippen molar-refractivity contribution in [3.05, 3.63) is 42.2 Å². The van der Waals surface area contributed by atoms with E-state index < -0.39 is 0 Å².